The second kappa shape index (κ2) is 4.61. The molecule has 0 bridgehead atoms. The summed E-state index contributed by atoms with van der Waals surface area (Å²) < 4.78 is 0. The van der Waals surface area contributed by atoms with Gasteiger partial charge in [-0.05, 0) is 6.92 Å². The van der Waals surface area contributed by atoms with E-state index in [1.807, 2.05) is 6.92 Å². The van der Waals surface area contributed by atoms with E-state index < -0.39 is 0 Å². The Morgan fingerprint density at radius 1 is 1.80 bits per heavy atom. The molecule has 0 unspecified atom stereocenters. The van der Waals surface area contributed by atoms with E-state index >= 15 is 0 Å². The Kier molecular flexibility index (Phi) is 4.04. The second-order valence-electron chi connectivity index (χ2n) is 2.13. The van der Waals surface area contributed by atoms with Crippen LogP contribution < -0.4 is 11.1 Å². The first-order valence-corrected chi connectivity index (χ1v) is 3.00. The van der Waals surface area contributed by atoms with Gasteiger partial charge in [0, 0.05) is 19.0 Å². The molecule has 4 N–H and O–H groups in total. The van der Waals surface area contributed by atoms with Crippen molar-refractivity contribution in [3.63, 3.8) is 0 Å². The molecular formula is C7H13N3. The van der Waals surface area contributed by atoms with Crippen LogP contribution in [-0.2, 0) is 0 Å². The third-order valence-electron chi connectivity index (χ3n) is 0.839. The molecule has 0 aromatic heterocycles. The molecule has 0 aliphatic rings. The molecule has 3 heteroatoms. The van der Waals surface area contributed by atoms with Gasteiger partial charge in [0.05, 0.1) is 5.70 Å². The fraction of sp³-hybridized carbons (Fsp3) is 0.286. The van der Waals surface area contributed by atoms with Crippen molar-refractivity contribution in [1.29, 1.82) is 5.41 Å². The molecule has 0 aliphatic carbocycles. The monoisotopic (exact) mass is 139 g/mol. The lowest BCUT2D eigenvalue weighted by atomic mass is 10.3. The molecule has 0 radical (unpaired) electrons. The Bertz CT molecular complexity index is 158. The quantitative estimate of drug-likeness (QED) is 0.394. The van der Waals surface area contributed by atoms with E-state index in [1.165, 1.54) is 0 Å². The van der Waals surface area contributed by atoms with Crippen LogP contribution in [0.3, 0.4) is 0 Å². The molecular weight excluding hydrogens is 126 g/mol. The van der Waals surface area contributed by atoms with Gasteiger partial charge >= 0.3 is 0 Å². The Morgan fingerprint density at radius 2 is 2.40 bits per heavy atom. The summed E-state index contributed by atoms with van der Waals surface area (Å²) in [6.07, 6.45) is 2.67. The van der Waals surface area contributed by atoms with Crippen LogP contribution in [-0.4, -0.2) is 12.8 Å². The summed E-state index contributed by atoms with van der Waals surface area (Å²) >= 11 is 0. The van der Waals surface area contributed by atoms with Crippen molar-refractivity contribution in [2.75, 3.05) is 6.54 Å². The second-order valence-corrected chi connectivity index (χ2v) is 2.13. The van der Waals surface area contributed by atoms with E-state index in [1.54, 1.807) is 6.20 Å². The fourth-order valence-electron chi connectivity index (χ4n) is 0.385. The van der Waals surface area contributed by atoms with E-state index in [-0.39, 0.29) is 0 Å². The summed E-state index contributed by atoms with van der Waals surface area (Å²) in [4.78, 5) is 0. The summed E-state index contributed by atoms with van der Waals surface area (Å²) in [6.45, 7) is 6.31. The van der Waals surface area contributed by atoms with Crippen molar-refractivity contribution in [1.82, 2.24) is 5.32 Å². The van der Waals surface area contributed by atoms with E-state index in [4.69, 9.17) is 11.1 Å². The number of nitrogens with two attached hydrogens (primary N) is 1. The molecule has 0 amide bonds. The standard InChI is InChI=1S/C7H13N3/c1-6(2)4-10-5-7(9)3-8/h3,5,8,10H,1,4,9H2,2H3/b7-5+,8-3?. The first-order valence-electron chi connectivity index (χ1n) is 3.00. The summed E-state index contributed by atoms with van der Waals surface area (Å²) in [5.41, 5.74) is 6.74. The van der Waals surface area contributed by atoms with Gasteiger partial charge in [0.25, 0.3) is 0 Å². The van der Waals surface area contributed by atoms with Gasteiger partial charge in [-0.2, -0.15) is 0 Å². The lowest BCUT2D eigenvalue weighted by molar-refractivity contribution is 0.932. The number of hydrogen-bond donors (Lipinski definition) is 3. The number of allylic oxidation sites excluding steroid dienone is 1. The number of rotatable bonds is 4. The van der Waals surface area contributed by atoms with Gasteiger partial charge in [-0.3, -0.25) is 0 Å². The summed E-state index contributed by atoms with van der Waals surface area (Å²) in [6, 6.07) is 0. The average Bonchev–Trinajstić information content (AvgIpc) is 1.87. The van der Waals surface area contributed by atoms with Gasteiger partial charge in [-0.1, -0.05) is 12.2 Å². The van der Waals surface area contributed by atoms with Gasteiger partial charge in [0.2, 0.25) is 0 Å². The molecule has 0 rings (SSSR count). The predicted molar refractivity (Wildman–Crippen MR) is 43.9 cm³/mol. The van der Waals surface area contributed by atoms with Crippen LogP contribution in [0.1, 0.15) is 6.92 Å². The van der Waals surface area contributed by atoms with Crippen molar-refractivity contribution in [2.45, 2.75) is 6.92 Å². The van der Waals surface area contributed by atoms with Crippen molar-refractivity contribution < 1.29 is 0 Å². The highest BCUT2D eigenvalue weighted by atomic mass is 14.8. The summed E-state index contributed by atoms with van der Waals surface area (Å²) in [5.74, 6) is 0. The minimum atomic E-state index is 0.418. The highest BCUT2D eigenvalue weighted by Gasteiger charge is 1.81. The molecule has 10 heavy (non-hydrogen) atoms. The minimum absolute atomic E-state index is 0.418. The topological polar surface area (TPSA) is 61.9 Å². The van der Waals surface area contributed by atoms with E-state index in [0.29, 0.717) is 12.2 Å². The molecule has 0 aromatic carbocycles. The molecule has 0 saturated carbocycles. The maximum atomic E-state index is 6.71. The SMILES string of the molecule is C=C(C)CN/C=C(/N)C=N. The van der Waals surface area contributed by atoms with Gasteiger partial charge in [-0.15, -0.1) is 0 Å². The van der Waals surface area contributed by atoms with Crippen LogP contribution in [0, 0.1) is 5.41 Å². The largest absolute Gasteiger partial charge is 0.396 e. The van der Waals surface area contributed by atoms with Crippen LogP contribution in [0.15, 0.2) is 24.0 Å². The zero-order valence-electron chi connectivity index (χ0n) is 6.15. The van der Waals surface area contributed by atoms with E-state index in [0.717, 1.165) is 11.8 Å². The Hall–Kier alpha value is -1.25. The maximum absolute atomic E-state index is 6.71. The van der Waals surface area contributed by atoms with E-state index in [9.17, 15) is 0 Å². The first-order chi connectivity index (χ1) is 4.66. The van der Waals surface area contributed by atoms with Crippen LogP contribution >= 0.6 is 0 Å². The highest BCUT2D eigenvalue weighted by Crippen LogP contribution is 1.81. The zero-order valence-corrected chi connectivity index (χ0v) is 6.15. The van der Waals surface area contributed by atoms with E-state index in [2.05, 4.69) is 11.9 Å². The summed E-state index contributed by atoms with van der Waals surface area (Å²) in [5, 5.41) is 9.61. The van der Waals surface area contributed by atoms with Crippen LogP contribution in [0.25, 0.3) is 0 Å². The molecule has 56 valence electrons. The molecule has 0 atom stereocenters. The number of hydrogen-bond acceptors (Lipinski definition) is 3. The fourth-order valence-corrected chi connectivity index (χ4v) is 0.385. The molecule has 0 spiro atoms. The van der Waals surface area contributed by atoms with Crippen LogP contribution in [0.4, 0.5) is 0 Å². The zero-order chi connectivity index (χ0) is 7.98. The Labute approximate surface area is 61.1 Å². The molecule has 0 aromatic rings. The molecule has 0 aliphatic heterocycles. The third kappa shape index (κ3) is 4.90. The van der Waals surface area contributed by atoms with Crippen molar-refractivity contribution >= 4 is 6.21 Å². The molecule has 0 heterocycles. The van der Waals surface area contributed by atoms with Crippen molar-refractivity contribution in [3.05, 3.63) is 24.0 Å². The van der Waals surface area contributed by atoms with Gasteiger partial charge in [0.15, 0.2) is 0 Å². The average molecular weight is 139 g/mol. The Balaban J connectivity index is 3.52. The minimum Gasteiger partial charge on any atom is -0.396 e. The van der Waals surface area contributed by atoms with Gasteiger partial charge in [-0.25, -0.2) is 0 Å². The first kappa shape index (κ1) is 8.75. The third-order valence-corrected chi connectivity index (χ3v) is 0.839. The summed E-state index contributed by atoms with van der Waals surface area (Å²) in [7, 11) is 0. The molecule has 0 saturated heterocycles. The Morgan fingerprint density at radius 3 is 2.80 bits per heavy atom. The molecule has 0 fully saturated rings. The van der Waals surface area contributed by atoms with Crippen LogP contribution in [0.2, 0.25) is 0 Å². The van der Waals surface area contributed by atoms with Crippen molar-refractivity contribution in [3.8, 4) is 0 Å². The molecule has 3 nitrogen and oxygen atoms in total. The van der Waals surface area contributed by atoms with Crippen molar-refractivity contribution in [2.24, 2.45) is 5.73 Å². The number of nitrogens with one attached hydrogen (secondary N) is 2. The van der Waals surface area contributed by atoms with Gasteiger partial charge < -0.3 is 16.5 Å². The van der Waals surface area contributed by atoms with Gasteiger partial charge in [0.1, 0.15) is 0 Å². The van der Waals surface area contributed by atoms with Crippen LogP contribution in [0.5, 0.6) is 0 Å². The lowest BCUT2D eigenvalue weighted by Crippen LogP contribution is -2.11. The lowest BCUT2D eigenvalue weighted by Gasteiger charge is -1.98. The highest BCUT2D eigenvalue weighted by molar-refractivity contribution is 5.73. The maximum Gasteiger partial charge on any atom is 0.0652 e. The normalized spacial score (nSPS) is 10.7. The predicted octanol–water partition coefficient (Wildman–Crippen LogP) is 0.602. The smallest absolute Gasteiger partial charge is 0.0652 e.